The number of Topliss-reactive ketones (excluding diaryl/α,β-unsaturated/α-hetero) is 2. The molecule has 2 aromatic carbocycles. The van der Waals surface area contributed by atoms with E-state index in [2.05, 4.69) is 45.2 Å². The van der Waals surface area contributed by atoms with Gasteiger partial charge in [0.1, 0.15) is 23.9 Å². The van der Waals surface area contributed by atoms with Crippen molar-refractivity contribution in [2.24, 2.45) is 10.8 Å². The normalized spacial score (nSPS) is 12.8. The van der Waals surface area contributed by atoms with Gasteiger partial charge in [0.25, 0.3) is 0 Å². The molecule has 3 aromatic heterocycles. The summed E-state index contributed by atoms with van der Waals surface area (Å²) in [6.07, 6.45) is 7.85. The molecule has 0 atom stereocenters. The van der Waals surface area contributed by atoms with Crippen LogP contribution in [-0.4, -0.2) is 50.8 Å². The highest BCUT2D eigenvalue weighted by Crippen LogP contribution is 2.33. The lowest BCUT2D eigenvalue weighted by Crippen LogP contribution is -2.22. The topological polar surface area (TPSA) is 124 Å². The quantitative estimate of drug-likeness (QED) is 0.0781. The Kier molecular flexibility index (Phi) is 11.6. The molecule has 11 heteroatoms. The van der Waals surface area contributed by atoms with Crippen LogP contribution in [0.5, 0.6) is 0 Å². The van der Waals surface area contributed by atoms with E-state index in [0.29, 0.717) is 59.4 Å². The van der Waals surface area contributed by atoms with Crippen LogP contribution in [0.15, 0.2) is 85.3 Å². The van der Waals surface area contributed by atoms with Crippen LogP contribution in [-0.2, 0) is 22.7 Å². The SMILES string of the molecule is CC(C)(C)C(=O)C1=CCc2ncc(Nc3ccccc3)nc21.CC(C)(C)C(=O)c1cn(COCC[Si](C)(C)C)c2ncc(Nc3ccccc3)nc12. The number of ether oxygens (including phenoxy) is 1. The third-order valence-corrected chi connectivity index (χ3v) is 10.0. The molecule has 0 saturated carbocycles. The van der Waals surface area contributed by atoms with Gasteiger partial charge in [-0.25, -0.2) is 15.0 Å². The van der Waals surface area contributed by atoms with E-state index in [-0.39, 0.29) is 11.6 Å². The largest absolute Gasteiger partial charge is 0.361 e. The first-order valence-electron chi connectivity index (χ1n) is 17.7. The molecule has 0 unspecified atom stereocenters. The van der Waals surface area contributed by atoms with Gasteiger partial charge < -0.3 is 19.9 Å². The lowest BCUT2D eigenvalue weighted by molar-refractivity contribution is -0.120. The molecular weight excluding hydrogens is 667 g/mol. The maximum atomic E-state index is 13.1. The zero-order valence-electron chi connectivity index (χ0n) is 31.9. The number of nitrogens with zero attached hydrogens (tertiary/aromatic N) is 5. The van der Waals surface area contributed by atoms with Crippen LogP contribution >= 0.6 is 0 Å². The Balaban J connectivity index is 0.000000210. The number of rotatable bonds is 11. The number of nitrogens with one attached hydrogen (secondary N) is 2. The molecule has 0 aliphatic heterocycles. The summed E-state index contributed by atoms with van der Waals surface area (Å²) in [7, 11) is -1.16. The number of carbonyl (C=O) groups excluding carboxylic acids is 2. The Bertz CT molecular complexity index is 2060. The lowest BCUT2D eigenvalue weighted by atomic mass is 9.86. The zero-order valence-corrected chi connectivity index (χ0v) is 32.9. The predicted octanol–water partition coefficient (Wildman–Crippen LogP) is 9.49. The zero-order chi connectivity index (χ0) is 37.7. The number of para-hydroxylation sites is 2. The summed E-state index contributed by atoms with van der Waals surface area (Å²) in [4.78, 5) is 44.0. The fraction of sp³-hybridized carbons (Fsp3) is 0.366. The summed E-state index contributed by atoms with van der Waals surface area (Å²) >= 11 is 0. The van der Waals surface area contributed by atoms with E-state index in [0.717, 1.165) is 23.1 Å². The average Bonchev–Trinajstić information content (AvgIpc) is 3.67. The number of aromatic nitrogens is 5. The molecule has 0 fully saturated rings. The monoisotopic (exact) mass is 717 g/mol. The van der Waals surface area contributed by atoms with Gasteiger partial charge in [0, 0.05) is 55.1 Å². The number of carbonyl (C=O) groups is 2. The molecule has 0 spiro atoms. The second-order valence-corrected chi connectivity index (χ2v) is 21.9. The highest BCUT2D eigenvalue weighted by Gasteiger charge is 2.31. The molecule has 0 bridgehead atoms. The summed E-state index contributed by atoms with van der Waals surface area (Å²) in [5.41, 5.74) is 5.04. The molecule has 1 aliphatic rings. The van der Waals surface area contributed by atoms with Crippen molar-refractivity contribution in [2.45, 2.75) is 80.4 Å². The van der Waals surface area contributed by atoms with E-state index in [9.17, 15) is 9.59 Å². The van der Waals surface area contributed by atoms with Crippen molar-refractivity contribution >= 4 is 59.4 Å². The molecule has 0 amide bonds. The van der Waals surface area contributed by atoms with Gasteiger partial charge >= 0.3 is 0 Å². The minimum atomic E-state index is -1.16. The van der Waals surface area contributed by atoms with Gasteiger partial charge in [-0.15, -0.1) is 0 Å². The summed E-state index contributed by atoms with van der Waals surface area (Å²) < 4.78 is 7.80. The number of benzene rings is 2. The number of fused-ring (bicyclic) bond motifs is 2. The van der Waals surface area contributed by atoms with Gasteiger partial charge in [0.05, 0.1) is 29.3 Å². The highest BCUT2D eigenvalue weighted by atomic mass is 28.3. The highest BCUT2D eigenvalue weighted by molar-refractivity contribution is 6.76. The number of allylic oxidation sites excluding steroid dienone is 2. The van der Waals surface area contributed by atoms with E-state index in [4.69, 9.17) is 9.72 Å². The van der Waals surface area contributed by atoms with E-state index in [1.165, 1.54) is 0 Å². The van der Waals surface area contributed by atoms with Crippen LogP contribution in [0.3, 0.4) is 0 Å². The minimum absolute atomic E-state index is 0.0412. The molecule has 10 nitrogen and oxygen atoms in total. The van der Waals surface area contributed by atoms with Crippen molar-refractivity contribution in [1.82, 2.24) is 24.5 Å². The first-order valence-corrected chi connectivity index (χ1v) is 21.4. The third-order valence-electron chi connectivity index (χ3n) is 8.34. The second kappa shape index (κ2) is 15.7. The van der Waals surface area contributed by atoms with Crippen molar-refractivity contribution < 1.29 is 14.3 Å². The molecule has 5 aromatic rings. The van der Waals surface area contributed by atoms with Gasteiger partial charge in [-0.1, -0.05) is 104 Å². The van der Waals surface area contributed by atoms with Crippen LogP contribution < -0.4 is 10.6 Å². The fourth-order valence-electron chi connectivity index (χ4n) is 5.40. The van der Waals surface area contributed by atoms with Crippen molar-refractivity contribution in [3.8, 4) is 0 Å². The summed E-state index contributed by atoms with van der Waals surface area (Å²) in [5, 5.41) is 6.48. The number of ketones is 2. The first-order chi connectivity index (χ1) is 24.5. The van der Waals surface area contributed by atoms with Crippen LogP contribution in [0.2, 0.25) is 25.7 Å². The van der Waals surface area contributed by atoms with Crippen molar-refractivity contribution in [3.05, 3.63) is 102 Å². The molecule has 0 saturated heterocycles. The van der Waals surface area contributed by atoms with Crippen LogP contribution in [0.4, 0.5) is 23.0 Å². The Labute approximate surface area is 308 Å². The third kappa shape index (κ3) is 9.86. The van der Waals surface area contributed by atoms with E-state index in [1.54, 1.807) is 12.4 Å². The molecule has 1 aliphatic carbocycles. The van der Waals surface area contributed by atoms with Crippen molar-refractivity contribution in [1.29, 1.82) is 0 Å². The van der Waals surface area contributed by atoms with Gasteiger partial charge in [-0.2, -0.15) is 0 Å². The van der Waals surface area contributed by atoms with Crippen LogP contribution in [0.1, 0.15) is 63.3 Å². The van der Waals surface area contributed by atoms with Crippen molar-refractivity contribution in [3.63, 3.8) is 0 Å². The molecule has 3 heterocycles. The van der Waals surface area contributed by atoms with Gasteiger partial charge in [-0.3, -0.25) is 14.6 Å². The van der Waals surface area contributed by atoms with Gasteiger partial charge in [0.15, 0.2) is 17.2 Å². The maximum Gasteiger partial charge on any atom is 0.171 e. The summed E-state index contributed by atoms with van der Waals surface area (Å²) in [5.74, 6) is 1.41. The number of hydrogen-bond donors (Lipinski definition) is 2. The predicted molar refractivity (Wildman–Crippen MR) is 213 cm³/mol. The molecule has 52 heavy (non-hydrogen) atoms. The first kappa shape index (κ1) is 38.2. The van der Waals surface area contributed by atoms with Gasteiger partial charge in [-0.05, 0) is 30.3 Å². The Hall–Kier alpha value is -5.00. The molecule has 2 N–H and O–H groups in total. The Morgan fingerprint density at radius 1 is 0.788 bits per heavy atom. The molecule has 0 radical (unpaired) electrons. The molecular formula is C41H51N7O3Si. The van der Waals surface area contributed by atoms with Crippen LogP contribution in [0, 0.1) is 10.8 Å². The van der Waals surface area contributed by atoms with E-state index >= 15 is 0 Å². The second-order valence-electron chi connectivity index (χ2n) is 16.3. The van der Waals surface area contributed by atoms with Gasteiger partial charge in [0.2, 0.25) is 0 Å². The number of anilines is 4. The van der Waals surface area contributed by atoms with Crippen LogP contribution in [0.25, 0.3) is 16.7 Å². The molecule has 6 rings (SSSR count). The lowest BCUT2D eigenvalue weighted by Gasteiger charge is -2.17. The molecule has 272 valence electrons. The van der Waals surface area contributed by atoms with Crippen molar-refractivity contribution in [2.75, 3.05) is 17.2 Å². The number of hydrogen-bond acceptors (Lipinski definition) is 9. The fourth-order valence-corrected chi connectivity index (χ4v) is 6.16. The Morgan fingerprint density at radius 3 is 1.90 bits per heavy atom. The van der Waals surface area contributed by atoms with E-state index < -0.39 is 18.9 Å². The average molecular weight is 718 g/mol. The summed E-state index contributed by atoms with van der Waals surface area (Å²) in [6.45, 7) is 19.6. The minimum Gasteiger partial charge on any atom is -0.361 e. The Morgan fingerprint density at radius 2 is 1.35 bits per heavy atom. The van der Waals surface area contributed by atoms with E-state index in [1.807, 2.05) is 119 Å². The summed E-state index contributed by atoms with van der Waals surface area (Å²) in [6, 6.07) is 20.7. The maximum absolute atomic E-state index is 13.1. The standard InChI is InChI=1S/C23H32N4O2Si.C18H19N3O/c1-23(2,3)21(28)18-15-27(16-29-12-13-30(4,5)6)22-20(18)26-19(14-24-22)25-17-10-8-7-9-11-17;1-18(2,3)17(22)13-9-10-14-16(13)21-15(11-19-14)20-12-7-5-4-6-8-12/h7-11,14-15H,12-13,16H2,1-6H3,(H,25,26);4-9,11H,10H2,1-3H3,(H,20,21). The smallest absolute Gasteiger partial charge is 0.171 e.